The zero-order valence-electron chi connectivity index (χ0n) is 11.2. The van der Waals surface area contributed by atoms with Gasteiger partial charge in [-0.05, 0) is 31.6 Å². The lowest BCUT2D eigenvalue weighted by molar-refractivity contribution is -0.144. The van der Waals surface area contributed by atoms with Gasteiger partial charge in [-0.15, -0.1) is 0 Å². The Morgan fingerprint density at radius 3 is 2.33 bits per heavy atom. The monoisotopic (exact) mass is 259 g/mol. The second-order valence-corrected chi connectivity index (χ2v) is 5.75. The Morgan fingerprint density at radius 2 is 1.94 bits per heavy atom. The third-order valence-electron chi connectivity index (χ3n) is 3.96. The molecule has 1 saturated carbocycles. The van der Waals surface area contributed by atoms with Crippen molar-refractivity contribution in [1.29, 1.82) is 0 Å². The highest BCUT2D eigenvalue weighted by atomic mass is 16.4. The zero-order chi connectivity index (χ0) is 13.8. The van der Waals surface area contributed by atoms with E-state index in [4.69, 9.17) is 5.11 Å². The van der Waals surface area contributed by atoms with Gasteiger partial charge in [-0.25, -0.2) is 0 Å². The number of hydrogen-bond acceptors (Lipinski definition) is 4. The van der Waals surface area contributed by atoms with Crippen LogP contribution in [-0.2, 0) is 4.79 Å². The molecule has 0 spiro atoms. The van der Waals surface area contributed by atoms with Crippen LogP contribution in [0.2, 0.25) is 0 Å². The van der Waals surface area contributed by atoms with Gasteiger partial charge in [0.2, 0.25) is 0 Å². The van der Waals surface area contributed by atoms with Crippen molar-refractivity contribution in [2.75, 3.05) is 13.2 Å². The van der Waals surface area contributed by atoms with Gasteiger partial charge < -0.3 is 20.6 Å². The largest absolute Gasteiger partial charge is 0.481 e. The second kappa shape index (κ2) is 6.50. The van der Waals surface area contributed by atoms with Crippen molar-refractivity contribution in [1.82, 2.24) is 5.32 Å². The normalized spacial score (nSPS) is 30.4. The van der Waals surface area contributed by atoms with Gasteiger partial charge in [0, 0.05) is 12.6 Å². The summed E-state index contributed by atoms with van der Waals surface area (Å²) < 4.78 is 0. The average molecular weight is 259 g/mol. The molecule has 5 heteroatoms. The molecule has 0 aromatic rings. The number of aliphatic hydroxyl groups is 2. The van der Waals surface area contributed by atoms with Crippen molar-refractivity contribution in [2.24, 2.45) is 11.8 Å². The summed E-state index contributed by atoms with van der Waals surface area (Å²) in [6.07, 6.45) is 2.07. The van der Waals surface area contributed by atoms with Crippen LogP contribution in [0.1, 0.15) is 39.5 Å². The maximum absolute atomic E-state index is 10.8. The first-order valence-electron chi connectivity index (χ1n) is 6.67. The van der Waals surface area contributed by atoms with Gasteiger partial charge in [-0.1, -0.05) is 13.8 Å². The molecule has 1 aliphatic rings. The number of nitrogens with one attached hydrogen (secondary N) is 1. The molecular weight excluding hydrogens is 234 g/mol. The summed E-state index contributed by atoms with van der Waals surface area (Å²) in [4.78, 5) is 10.8. The first-order valence-corrected chi connectivity index (χ1v) is 6.67. The summed E-state index contributed by atoms with van der Waals surface area (Å²) in [6, 6.07) is -0.0220. The van der Waals surface area contributed by atoms with Crippen molar-refractivity contribution in [2.45, 2.75) is 51.2 Å². The first-order chi connectivity index (χ1) is 8.38. The number of hydrogen-bond donors (Lipinski definition) is 4. The number of aliphatic carboxylic acids is 1. The van der Waals surface area contributed by atoms with Gasteiger partial charge in [0.1, 0.15) is 0 Å². The van der Waals surface area contributed by atoms with Crippen LogP contribution in [0.4, 0.5) is 0 Å². The molecule has 5 nitrogen and oxygen atoms in total. The lowest BCUT2D eigenvalue weighted by Crippen LogP contribution is -2.49. The van der Waals surface area contributed by atoms with Gasteiger partial charge in [-0.2, -0.15) is 0 Å². The topological polar surface area (TPSA) is 89.8 Å². The fourth-order valence-electron chi connectivity index (χ4n) is 2.41. The van der Waals surface area contributed by atoms with E-state index in [1.54, 1.807) is 0 Å². The molecule has 1 fully saturated rings. The van der Waals surface area contributed by atoms with Crippen LogP contribution in [0.15, 0.2) is 0 Å². The quantitative estimate of drug-likeness (QED) is 0.561. The Bertz CT molecular complexity index is 272. The molecule has 1 unspecified atom stereocenters. The van der Waals surface area contributed by atoms with E-state index in [1.165, 1.54) is 0 Å². The number of rotatable bonds is 6. The van der Waals surface area contributed by atoms with E-state index in [2.05, 4.69) is 5.32 Å². The Morgan fingerprint density at radius 1 is 1.39 bits per heavy atom. The number of carbonyl (C=O) groups is 1. The van der Waals surface area contributed by atoms with Crippen molar-refractivity contribution in [3.63, 3.8) is 0 Å². The minimum atomic E-state index is -0.825. The van der Waals surface area contributed by atoms with Crippen molar-refractivity contribution >= 4 is 5.97 Å². The molecule has 0 amide bonds. The van der Waals surface area contributed by atoms with Crippen LogP contribution >= 0.6 is 0 Å². The molecule has 106 valence electrons. The predicted octanol–water partition coefficient (Wildman–Crippen LogP) is 0.599. The Balaban J connectivity index is 2.40. The SMILES string of the molecule is CC(C)C(CO)NCC1(O)CCC(C(=O)O)CC1. The van der Waals surface area contributed by atoms with E-state index < -0.39 is 11.6 Å². The van der Waals surface area contributed by atoms with Crippen LogP contribution in [-0.4, -0.2) is 46.1 Å². The van der Waals surface area contributed by atoms with Crippen molar-refractivity contribution in [3.8, 4) is 0 Å². The lowest BCUT2D eigenvalue weighted by Gasteiger charge is -2.36. The summed E-state index contributed by atoms with van der Waals surface area (Å²) >= 11 is 0. The van der Waals surface area contributed by atoms with E-state index in [-0.39, 0.29) is 18.6 Å². The minimum absolute atomic E-state index is 0.0220. The van der Waals surface area contributed by atoms with E-state index in [1.807, 2.05) is 13.8 Å². The molecule has 0 saturated heterocycles. The van der Waals surface area contributed by atoms with Crippen LogP contribution < -0.4 is 5.32 Å². The standard InChI is InChI=1S/C13H25NO4/c1-9(2)11(7-15)14-8-13(18)5-3-10(4-6-13)12(16)17/h9-11,14-15,18H,3-8H2,1-2H3,(H,16,17). The molecule has 0 heterocycles. The molecule has 1 aliphatic carbocycles. The summed E-state index contributed by atoms with van der Waals surface area (Å²) in [5.74, 6) is -0.779. The molecule has 0 bridgehead atoms. The fraction of sp³-hybridized carbons (Fsp3) is 0.923. The molecule has 0 aliphatic heterocycles. The van der Waals surface area contributed by atoms with Crippen LogP contribution in [0.5, 0.6) is 0 Å². The van der Waals surface area contributed by atoms with Gasteiger partial charge in [0.25, 0.3) is 0 Å². The molecule has 1 atom stereocenters. The van der Waals surface area contributed by atoms with E-state index in [0.717, 1.165) is 0 Å². The molecular formula is C13H25NO4. The van der Waals surface area contributed by atoms with Gasteiger partial charge in [-0.3, -0.25) is 4.79 Å². The van der Waals surface area contributed by atoms with E-state index in [9.17, 15) is 15.0 Å². The smallest absolute Gasteiger partial charge is 0.306 e. The predicted molar refractivity (Wildman–Crippen MR) is 68.3 cm³/mol. The Kier molecular flexibility index (Phi) is 5.56. The minimum Gasteiger partial charge on any atom is -0.481 e. The third kappa shape index (κ3) is 4.23. The highest BCUT2D eigenvalue weighted by Crippen LogP contribution is 2.32. The van der Waals surface area contributed by atoms with Crippen molar-refractivity contribution in [3.05, 3.63) is 0 Å². The molecule has 18 heavy (non-hydrogen) atoms. The highest BCUT2D eigenvalue weighted by molar-refractivity contribution is 5.70. The van der Waals surface area contributed by atoms with Gasteiger partial charge in [0.15, 0.2) is 0 Å². The molecule has 0 radical (unpaired) electrons. The van der Waals surface area contributed by atoms with Crippen LogP contribution in [0.3, 0.4) is 0 Å². The maximum atomic E-state index is 10.8. The molecule has 4 N–H and O–H groups in total. The van der Waals surface area contributed by atoms with Crippen LogP contribution in [0.25, 0.3) is 0 Å². The number of carboxylic acid groups (broad SMARTS) is 1. The van der Waals surface area contributed by atoms with E-state index >= 15 is 0 Å². The van der Waals surface area contributed by atoms with Gasteiger partial charge in [0.05, 0.1) is 18.1 Å². The van der Waals surface area contributed by atoms with Crippen molar-refractivity contribution < 1.29 is 20.1 Å². The molecule has 1 rings (SSSR count). The number of carboxylic acids is 1. The van der Waals surface area contributed by atoms with Crippen LogP contribution in [0, 0.1) is 11.8 Å². The second-order valence-electron chi connectivity index (χ2n) is 5.75. The number of aliphatic hydroxyl groups excluding tert-OH is 1. The first kappa shape index (κ1) is 15.4. The Labute approximate surface area is 108 Å². The summed E-state index contributed by atoms with van der Waals surface area (Å²) in [7, 11) is 0. The summed E-state index contributed by atoms with van der Waals surface area (Å²) in [5.41, 5.74) is -0.825. The Hall–Kier alpha value is -0.650. The fourth-order valence-corrected chi connectivity index (χ4v) is 2.41. The molecule has 0 aromatic heterocycles. The molecule has 0 aromatic carbocycles. The average Bonchev–Trinajstić information content (AvgIpc) is 2.29. The van der Waals surface area contributed by atoms with E-state index in [0.29, 0.717) is 38.1 Å². The maximum Gasteiger partial charge on any atom is 0.306 e. The highest BCUT2D eigenvalue weighted by Gasteiger charge is 2.36. The summed E-state index contributed by atoms with van der Waals surface area (Å²) in [5, 5.41) is 31.6. The van der Waals surface area contributed by atoms with Gasteiger partial charge >= 0.3 is 5.97 Å². The lowest BCUT2D eigenvalue weighted by atomic mass is 9.78. The summed E-state index contributed by atoms with van der Waals surface area (Å²) in [6.45, 7) is 4.49. The third-order valence-corrected chi connectivity index (χ3v) is 3.96. The zero-order valence-corrected chi connectivity index (χ0v) is 11.2.